The third kappa shape index (κ3) is 1.59. The lowest BCUT2D eigenvalue weighted by atomic mass is 10.2. The van der Waals surface area contributed by atoms with Crippen molar-refractivity contribution in [1.29, 1.82) is 0 Å². The largest absolute Gasteiger partial charge is 0.373 e. The van der Waals surface area contributed by atoms with E-state index in [9.17, 15) is 0 Å². The maximum Gasteiger partial charge on any atom is 0.0850 e. The predicted octanol–water partition coefficient (Wildman–Crippen LogP) is 2.45. The van der Waals surface area contributed by atoms with Crippen molar-refractivity contribution in [3.05, 3.63) is 20.8 Å². The van der Waals surface area contributed by atoms with E-state index in [1.54, 1.807) is 11.3 Å². The average molecular weight is 219 g/mol. The summed E-state index contributed by atoms with van der Waals surface area (Å²) in [5.74, 6) is 0. The van der Waals surface area contributed by atoms with Crippen LogP contribution < -0.4 is 0 Å². The molecule has 1 aromatic heterocycles. The summed E-state index contributed by atoms with van der Waals surface area (Å²) in [5, 5.41) is 2.17. The van der Waals surface area contributed by atoms with Crippen LogP contribution in [0.15, 0.2) is 15.2 Å². The van der Waals surface area contributed by atoms with Crippen LogP contribution in [0.1, 0.15) is 5.56 Å². The van der Waals surface area contributed by atoms with Crippen LogP contribution >= 0.6 is 27.3 Å². The minimum absolute atomic E-state index is 0.515. The Morgan fingerprint density at radius 2 is 2.60 bits per heavy atom. The standard InChI is InChI=1S/C7H7BrOS/c8-7-2-5(4-10-7)1-6-3-9-6/h2,4,6H,1,3H2. The van der Waals surface area contributed by atoms with Gasteiger partial charge in [0, 0.05) is 6.42 Å². The Labute approximate surface area is 72.1 Å². The molecule has 0 spiro atoms. The summed E-state index contributed by atoms with van der Waals surface area (Å²) >= 11 is 5.16. The SMILES string of the molecule is Brc1cc(CC2CO2)cs1. The van der Waals surface area contributed by atoms with E-state index in [-0.39, 0.29) is 0 Å². The van der Waals surface area contributed by atoms with Crippen LogP contribution in [0, 0.1) is 0 Å². The van der Waals surface area contributed by atoms with Gasteiger partial charge >= 0.3 is 0 Å². The molecular weight excluding hydrogens is 212 g/mol. The first-order valence-corrected chi connectivity index (χ1v) is 4.86. The lowest BCUT2D eigenvalue weighted by Crippen LogP contribution is -1.88. The third-order valence-corrected chi connectivity index (χ3v) is 3.04. The molecule has 10 heavy (non-hydrogen) atoms. The van der Waals surface area contributed by atoms with Gasteiger partial charge in [-0.2, -0.15) is 0 Å². The van der Waals surface area contributed by atoms with Crippen LogP contribution in [-0.2, 0) is 11.2 Å². The Balaban J connectivity index is 2.03. The number of hydrogen-bond acceptors (Lipinski definition) is 2. The number of rotatable bonds is 2. The van der Waals surface area contributed by atoms with Crippen LogP contribution in [0.25, 0.3) is 0 Å². The number of epoxide rings is 1. The van der Waals surface area contributed by atoms with Gasteiger partial charge in [-0.15, -0.1) is 11.3 Å². The first-order chi connectivity index (χ1) is 4.84. The summed E-state index contributed by atoms with van der Waals surface area (Å²) < 4.78 is 6.32. The Bertz CT molecular complexity index is 229. The summed E-state index contributed by atoms with van der Waals surface area (Å²) in [6.45, 7) is 0.952. The molecule has 2 heterocycles. The molecule has 0 N–H and O–H groups in total. The zero-order chi connectivity index (χ0) is 6.97. The molecule has 1 saturated heterocycles. The smallest absolute Gasteiger partial charge is 0.0850 e. The molecule has 1 unspecified atom stereocenters. The van der Waals surface area contributed by atoms with Crippen LogP contribution in [0.2, 0.25) is 0 Å². The second-order valence-corrected chi connectivity index (χ2v) is 4.71. The van der Waals surface area contributed by atoms with E-state index >= 15 is 0 Å². The third-order valence-electron chi connectivity index (χ3n) is 1.49. The van der Waals surface area contributed by atoms with Crippen molar-refractivity contribution in [1.82, 2.24) is 0 Å². The maximum atomic E-state index is 5.11. The first-order valence-electron chi connectivity index (χ1n) is 3.19. The zero-order valence-electron chi connectivity index (χ0n) is 5.34. The fraction of sp³-hybridized carbons (Fsp3) is 0.429. The molecular formula is C7H7BrOS. The van der Waals surface area contributed by atoms with Gasteiger partial charge in [0.2, 0.25) is 0 Å². The Kier molecular flexibility index (Phi) is 1.80. The van der Waals surface area contributed by atoms with Crippen molar-refractivity contribution in [3.8, 4) is 0 Å². The number of ether oxygens (including phenoxy) is 1. The molecule has 1 fully saturated rings. The highest BCUT2D eigenvalue weighted by Crippen LogP contribution is 2.24. The molecule has 1 aromatic rings. The highest BCUT2D eigenvalue weighted by molar-refractivity contribution is 9.11. The summed E-state index contributed by atoms with van der Waals surface area (Å²) in [5.41, 5.74) is 1.39. The van der Waals surface area contributed by atoms with Crippen LogP contribution in [-0.4, -0.2) is 12.7 Å². The normalized spacial score (nSPS) is 23.1. The van der Waals surface area contributed by atoms with Crippen LogP contribution in [0.4, 0.5) is 0 Å². The van der Waals surface area contributed by atoms with Gasteiger partial charge < -0.3 is 4.74 Å². The van der Waals surface area contributed by atoms with Crippen molar-refractivity contribution in [2.75, 3.05) is 6.61 Å². The van der Waals surface area contributed by atoms with Crippen molar-refractivity contribution >= 4 is 27.3 Å². The van der Waals surface area contributed by atoms with Crippen LogP contribution in [0.5, 0.6) is 0 Å². The van der Waals surface area contributed by atoms with Gasteiger partial charge in [0.1, 0.15) is 0 Å². The minimum atomic E-state index is 0.515. The summed E-state index contributed by atoms with van der Waals surface area (Å²) in [6, 6.07) is 2.16. The Morgan fingerprint density at radius 1 is 1.80 bits per heavy atom. The van der Waals surface area contributed by atoms with Gasteiger partial charge in [0.25, 0.3) is 0 Å². The van der Waals surface area contributed by atoms with Gasteiger partial charge in [-0.1, -0.05) is 0 Å². The molecule has 54 valence electrons. The van der Waals surface area contributed by atoms with E-state index in [4.69, 9.17) is 4.74 Å². The molecule has 1 atom stereocenters. The first kappa shape index (κ1) is 6.83. The summed E-state index contributed by atoms with van der Waals surface area (Å²) in [7, 11) is 0. The minimum Gasteiger partial charge on any atom is -0.373 e. The Hall–Kier alpha value is 0.140. The van der Waals surface area contributed by atoms with Gasteiger partial charge in [-0.05, 0) is 32.9 Å². The molecule has 1 nitrogen and oxygen atoms in total. The lowest BCUT2D eigenvalue weighted by Gasteiger charge is -1.86. The molecule has 2 rings (SSSR count). The highest BCUT2D eigenvalue weighted by Gasteiger charge is 2.22. The molecule has 0 saturated carbocycles. The van der Waals surface area contributed by atoms with Crippen LogP contribution in [0.3, 0.4) is 0 Å². The second-order valence-electron chi connectivity index (χ2n) is 2.42. The van der Waals surface area contributed by atoms with E-state index in [0.717, 1.165) is 13.0 Å². The van der Waals surface area contributed by atoms with Crippen molar-refractivity contribution < 1.29 is 4.74 Å². The molecule has 3 heteroatoms. The molecule has 0 amide bonds. The maximum absolute atomic E-state index is 5.11. The van der Waals surface area contributed by atoms with E-state index in [1.165, 1.54) is 9.35 Å². The van der Waals surface area contributed by atoms with Gasteiger partial charge in [-0.3, -0.25) is 0 Å². The van der Waals surface area contributed by atoms with E-state index in [2.05, 4.69) is 27.4 Å². The van der Waals surface area contributed by atoms with Crippen molar-refractivity contribution in [3.63, 3.8) is 0 Å². The molecule has 0 bridgehead atoms. The molecule has 0 radical (unpaired) electrons. The zero-order valence-corrected chi connectivity index (χ0v) is 7.74. The number of hydrogen-bond donors (Lipinski definition) is 0. The second kappa shape index (κ2) is 2.64. The molecule has 1 aliphatic heterocycles. The van der Waals surface area contributed by atoms with Crippen molar-refractivity contribution in [2.45, 2.75) is 12.5 Å². The van der Waals surface area contributed by atoms with Crippen molar-refractivity contribution in [2.24, 2.45) is 0 Å². The van der Waals surface area contributed by atoms with E-state index in [0.29, 0.717) is 6.10 Å². The summed E-state index contributed by atoms with van der Waals surface area (Å²) in [4.78, 5) is 0. The van der Waals surface area contributed by atoms with Gasteiger partial charge in [0.05, 0.1) is 16.5 Å². The molecule has 1 aliphatic rings. The lowest BCUT2D eigenvalue weighted by molar-refractivity contribution is 0.408. The van der Waals surface area contributed by atoms with Gasteiger partial charge in [0.15, 0.2) is 0 Å². The monoisotopic (exact) mass is 218 g/mol. The fourth-order valence-corrected chi connectivity index (χ4v) is 2.12. The quantitative estimate of drug-likeness (QED) is 0.696. The Morgan fingerprint density at radius 3 is 3.10 bits per heavy atom. The predicted molar refractivity (Wildman–Crippen MR) is 45.5 cm³/mol. The summed E-state index contributed by atoms with van der Waals surface area (Å²) in [6.07, 6.45) is 1.60. The number of thiophene rings is 1. The topological polar surface area (TPSA) is 12.5 Å². The molecule has 0 aliphatic carbocycles. The highest BCUT2D eigenvalue weighted by atomic mass is 79.9. The van der Waals surface area contributed by atoms with E-state index in [1.807, 2.05) is 0 Å². The fourth-order valence-electron chi connectivity index (χ4n) is 0.902. The molecule has 0 aromatic carbocycles. The van der Waals surface area contributed by atoms with E-state index < -0.39 is 0 Å². The van der Waals surface area contributed by atoms with Gasteiger partial charge in [-0.25, -0.2) is 0 Å². The number of halogens is 1. The average Bonchev–Trinajstić information content (AvgIpc) is 2.59.